The average Bonchev–Trinajstić information content (AvgIpc) is 2.84. The molecule has 3 aromatic carbocycles. The van der Waals surface area contributed by atoms with E-state index in [2.05, 4.69) is 48.5 Å². The molecule has 33 heavy (non-hydrogen) atoms. The van der Waals surface area contributed by atoms with Gasteiger partial charge in [0.25, 0.3) is 0 Å². The van der Waals surface area contributed by atoms with Crippen molar-refractivity contribution < 1.29 is 9.59 Å². The van der Waals surface area contributed by atoms with E-state index in [0.717, 1.165) is 5.56 Å². The van der Waals surface area contributed by atoms with Gasteiger partial charge in [-0.15, -0.1) is 0 Å². The van der Waals surface area contributed by atoms with Crippen LogP contribution in [-0.4, -0.2) is 29.3 Å². The number of carbonyl (C=O) groups is 2. The first-order valence-electron chi connectivity index (χ1n) is 11.2. The number of carbonyl (C=O) groups excluding carboxylic acids is 2. The largest absolute Gasteiger partial charge is 0.330 e. The molecular weight excluding hydrogens is 410 g/mol. The van der Waals surface area contributed by atoms with Crippen molar-refractivity contribution in [1.82, 2.24) is 4.90 Å². The highest BCUT2D eigenvalue weighted by Crippen LogP contribution is 2.28. The van der Waals surface area contributed by atoms with E-state index < -0.39 is 11.6 Å². The number of nitrogens with zero attached hydrogens (tertiary/aromatic N) is 1. The minimum absolute atomic E-state index is 0.308. The highest BCUT2D eigenvalue weighted by molar-refractivity contribution is 5.97. The van der Waals surface area contributed by atoms with Crippen LogP contribution in [0.2, 0.25) is 0 Å². The summed E-state index contributed by atoms with van der Waals surface area (Å²) in [6.07, 6.45) is 1.13. The normalized spacial score (nSPS) is 11.7. The lowest BCUT2D eigenvalue weighted by Crippen LogP contribution is -2.54. The molecule has 2 amide bonds. The molecule has 174 valence electrons. The molecule has 0 radical (unpaired) electrons. The van der Waals surface area contributed by atoms with Gasteiger partial charge in [0.2, 0.25) is 11.8 Å². The van der Waals surface area contributed by atoms with Crippen LogP contribution in [0.1, 0.15) is 39.2 Å². The fraction of sp³-hybridized carbons (Fsp3) is 0.286. The van der Waals surface area contributed by atoms with Gasteiger partial charge in [-0.3, -0.25) is 14.5 Å². The molecule has 4 N–H and O–H groups in total. The molecule has 1 atom stereocenters. The summed E-state index contributed by atoms with van der Waals surface area (Å²) in [6, 6.07) is 29.5. The molecule has 0 heterocycles. The third kappa shape index (κ3) is 7.38. The summed E-state index contributed by atoms with van der Waals surface area (Å²) in [7, 11) is 0. The van der Waals surface area contributed by atoms with Crippen molar-refractivity contribution >= 4 is 11.8 Å². The first-order chi connectivity index (χ1) is 15.8. The quantitative estimate of drug-likeness (QED) is 0.551. The van der Waals surface area contributed by atoms with Gasteiger partial charge >= 0.3 is 0 Å². The van der Waals surface area contributed by atoms with Gasteiger partial charge in [0.05, 0.1) is 11.6 Å². The summed E-state index contributed by atoms with van der Waals surface area (Å²) >= 11 is 0. The van der Waals surface area contributed by atoms with E-state index in [1.807, 2.05) is 56.3 Å². The van der Waals surface area contributed by atoms with Crippen molar-refractivity contribution in [3.05, 3.63) is 96.6 Å². The summed E-state index contributed by atoms with van der Waals surface area (Å²) in [6.45, 7) is 5.55. The van der Waals surface area contributed by atoms with E-state index in [0.29, 0.717) is 19.4 Å². The number of hydrogen-bond donors (Lipinski definition) is 2. The lowest BCUT2D eigenvalue weighted by atomic mass is 9.91. The summed E-state index contributed by atoms with van der Waals surface area (Å²) < 4.78 is 0. The average molecular weight is 446 g/mol. The van der Waals surface area contributed by atoms with Crippen LogP contribution in [0, 0.1) is 0 Å². The van der Waals surface area contributed by atoms with Gasteiger partial charge in [-0.05, 0) is 49.9 Å². The zero-order chi connectivity index (χ0) is 24.3. The Kier molecular flexibility index (Phi) is 9.98. The summed E-state index contributed by atoms with van der Waals surface area (Å²) in [5.41, 5.74) is 14.1. The standard InChI is InChI=1S/C16H25N3O2.C12H10/c1-12(20)19(15(21)14(18)10-7-11-17)16(2,3)13-8-5-4-6-9-13;1-3-7-11(8-4-1)12-9-5-2-6-10-12/h4-6,8-9,14H,7,10-11,17-18H2,1-3H3;1-10H. The van der Waals surface area contributed by atoms with Crippen LogP contribution in [-0.2, 0) is 15.1 Å². The zero-order valence-electron chi connectivity index (χ0n) is 19.8. The minimum atomic E-state index is -0.746. The Morgan fingerprint density at radius 2 is 1.24 bits per heavy atom. The molecule has 0 fully saturated rings. The Bertz CT molecular complexity index is 952. The number of hydrogen-bond acceptors (Lipinski definition) is 4. The van der Waals surface area contributed by atoms with E-state index in [1.165, 1.54) is 23.0 Å². The Labute approximate surface area is 197 Å². The second-order valence-corrected chi connectivity index (χ2v) is 8.39. The molecule has 3 rings (SSSR count). The first-order valence-corrected chi connectivity index (χ1v) is 11.2. The minimum Gasteiger partial charge on any atom is -0.330 e. The highest BCUT2D eigenvalue weighted by Gasteiger charge is 2.37. The summed E-state index contributed by atoms with van der Waals surface area (Å²) in [5, 5.41) is 0. The first kappa shape index (κ1) is 26.0. The molecule has 0 bridgehead atoms. The topological polar surface area (TPSA) is 89.4 Å². The van der Waals surface area contributed by atoms with Crippen molar-refractivity contribution in [3.8, 4) is 11.1 Å². The number of imide groups is 1. The lowest BCUT2D eigenvalue weighted by Gasteiger charge is -2.38. The molecular formula is C28H35N3O2. The van der Waals surface area contributed by atoms with E-state index in [-0.39, 0.29) is 11.8 Å². The number of amides is 2. The van der Waals surface area contributed by atoms with Gasteiger partial charge < -0.3 is 11.5 Å². The predicted molar refractivity (Wildman–Crippen MR) is 135 cm³/mol. The fourth-order valence-electron chi connectivity index (χ4n) is 3.69. The smallest absolute Gasteiger partial charge is 0.246 e. The molecule has 0 aliphatic heterocycles. The summed E-state index contributed by atoms with van der Waals surface area (Å²) in [4.78, 5) is 25.8. The Balaban J connectivity index is 0.000000268. The highest BCUT2D eigenvalue weighted by atomic mass is 16.2. The predicted octanol–water partition coefficient (Wildman–Crippen LogP) is 4.72. The molecule has 0 aromatic heterocycles. The maximum absolute atomic E-state index is 12.5. The molecule has 0 saturated heterocycles. The number of nitrogens with two attached hydrogens (primary N) is 2. The van der Waals surface area contributed by atoms with Crippen molar-refractivity contribution in [2.45, 2.75) is 45.2 Å². The zero-order valence-corrected chi connectivity index (χ0v) is 19.8. The Hall–Kier alpha value is -3.28. The fourth-order valence-corrected chi connectivity index (χ4v) is 3.69. The van der Waals surface area contributed by atoms with E-state index in [1.54, 1.807) is 0 Å². The summed E-state index contributed by atoms with van der Waals surface area (Å²) in [5.74, 6) is -0.665. The molecule has 0 aliphatic carbocycles. The molecule has 5 heteroatoms. The lowest BCUT2D eigenvalue weighted by molar-refractivity contribution is -0.151. The molecule has 5 nitrogen and oxygen atoms in total. The van der Waals surface area contributed by atoms with Crippen LogP contribution < -0.4 is 11.5 Å². The van der Waals surface area contributed by atoms with Crippen LogP contribution in [0.3, 0.4) is 0 Å². The van der Waals surface area contributed by atoms with Crippen molar-refractivity contribution in [1.29, 1.82) is 0 Å². The van der Waals surface area contributed by atoms with Gasteiger partial charge in [-0.1, -0.05) is 91.0 Å². The Morgan fingerprint density at radius 1 is 0.818 bits per heavy atom. The SMILES string of the molecule is CC(=O)N(C(=O)C(N)CCCN)C(C)(C)c1ccccc1.c1ccc(-c2ccccc2)cc1. The van der Waals surface area contributed by atoms with Gasteiger partial charge in [0, 0.05) is 6.92 Å². The van der Waals surface area contributed by atoms with E-state index in [9.17, 15) is 9.59 Å². The third-order valence-electron chi connectivity index (χ3n) is 5.49. The maximum Gasteiger partial charge on any atom is 0.246 e. The van der Waals surface area contributed by atoms with Crippen LogP contribution in [0.25, 0.3) is 11.1 Å². The second-order valence-electron chi connectivity index (χ2n) is 8.39. The molecule has 0 saturated carbocycles. The van der Waals surface area contributed by atoms with Crippen LogP contribution >= 0.6 is 0 Å². The van der Waals surface area contributed by atoms with Gasteiger partial charge in [-0.2, -0.15) is 0 Å². The maximum atomic E-state index is 12.5. The van der Waals surface area contributed by atoms with E-state index >= 15 is 0 Å². The van der Waals surface area contributed by atoms with Crippen LogP contribution in [0.4, 0.5) is 0 Å². The second kappa shape index (κ2) is 12.7. The molecule has 0 spiro atoms. The number of benzene rings is 3. The van der Waals surface area contributed by atoms with Crippen LogP contribution in [0.15, 0.2) is 91.0 Å². The van der Waals surface area contributed by atoms with Gasteiger partial charge in [-0.25, -0.2) is 0 Å². The third-order valence-corrected chi connectivity index (χ3v) is 5.49. The van der Waals surface area contributed by atoms with Gasteiger partial charge in [0.15, 0.2) is 0 Å². The van der Waals surface area contributed by atoms with Gasteiger partial charge in [0.1, 0.15) is 0 Å². The molecule has 1 unspecified atom stereocenters. The van der Waals surface area contributed by atoms with Crippen LogP contribution in [0.5, 0.6) is 0 Å². The number of rotatable bonds is 7. The van der Waals surface area contributed by atoms with Crippen molar-refractivity contribution in [3.63, 3.8) is 0 Å². The Morgan fingerprint density at radius 3 is 1.64 bits per heavy atom. The van der Waals surface area contributed by atoms with Crippen molar-refractivity contribution in [2.75, 3.05) is 6.54 Å². The monoisotopic (exact) mass is 445 g/mol. The molecule has 0 aliphatic rings. The van der Waals surface area contributed by atoms with E-state index in [4.69, 9.17) is 11.5 Å². The van der Waals surface area contributed by atoms with Crippen molar-refractivity contribution in [2.24, 2.45) is 11.5 Å². The molecule has 3 aromatic rings.